The molecule has 0 amide bonds. The molecule has 0 aromatic carbocycles. The lowest BCUT2D eigenvalue weighted by molar-refractivity contribution is 0.536. The number of rotatable bonds is 10. The first-order valence-corrected chi connectivity index (χ1v) is 8.28. The van der Waals surface area contributed by atoms with Crippen LogP contribution in [0.4, 0.5) is 0 Å². The van der Waals surface area contributed by atoms with E-state index in [-0.39, 0.29) is 24.0 Å². The van der Waals surface area contributed by atoms with Crippen LogP contribution in [0.25, 0.3) is 0 Å². The van der Waals surface area contributed by atoms with Gasteiger partial charge in [-0.2, -0.15) is 5.10 Å². The van der Waals surface area contributed by atoms with E-state index in [1.807, 2.05) is 16.9 Å². The Morgan fingerprint density at radius 2 is 2.09 bits per heavy atom. The average Bonchev–Trinajstić information content (AvgIpc) is 2.97. The topological polar surface area (TPSA) is 54.2 Å². The van der Waals surface area contributed by atoms with E-state index < -0.39 is 0 Å². The second-order valence-electron chi connectivity index (χ2n) is 5.42. The van der Waals surface area contributed by atoms with Crippen LogP contribution >= 0.6 is 24.0 Å². The molecule has 0 saturated carbocycles. The zero-order valence-corrected chi connectivity index (χ0v) is 16.5. The van der Waals surface area contributed by atoms with Crippen molar-refractivity contribution >= 4 is 29.9 Å². The first kappa shape index (κ1) is 21.2. The van der Waals surface area contributed by atoms with Gasteiger partial charge in [-0.05, 0) is 26.3 Å². The second kappa shape index (κ2) is 13.8. The minimum absolute atomic E-state index is 0. The molecular weight excluding hydrogens is 389 g/mol. The van der Waals surface area contributed by atoms with Gasteiger partial charge in [-0.25, -0.2) is 0 Å². The van der Waals surface area contributed by atoms with Gasteiger partial charge in [-0.3, -0.25) is 9.67 Å². The summed E-state index contributed by atoms with van der Waals surface area (Å²) in [6, 6.07) is 2.40. The summed E-state index contributed by atoms with van der Waals surface area (Å²) < 4.78 is 1.90. The zero-order valence-electron chi connectivity index (χ0n) is 14.2. The number of hydrogen-bond donors (Lipinski definition) is 2. The van der Waals surface area contributed by atoms with Crippen molar-refractivity contribution in [1.29, 1.82) is 0 Å². The maximum absolute atomic E-state index is 4.61. The third-order valence-electron chi connectivity index (χ3n) is 3.38. The first-order valence-electron chi connectivity index (χ1n) is 8.28. The largest absolute Gasteiger partial charge is 0.357 e. The maximum atomic E-state index is 4.61. The van der Waals surface area contributed by atoms with E-state index >= 15 is 0 Å². The molecule has 6 heteroatoms. The minimum Gasteiger partial charge on any atom is -0.357 e. The highest BCUT2D eigenvalue weighted by atomic mass is 127. The highest BCUT2D eigenvalue weighted by Gasteiger charge is 2.04. The van der Waals surface area contributed by atoms with Crippen LogP contribution in [0.15, 0.2) is 23.5 Å². The molecule has 1 rings (SSSR count). The molecule has 1 aromatic heterocycles. The summed E-state index contributed by atoms with van der Waals surface area (Å²) in [6.45, 7) is 9.00. The van der Waals surface area contributed by atoms with Gasteiger partial charge in [0.2, 0.25) is 0 Å². The molecule has 128 valence electrons. The fraction of sp³-hybridized carbons (Fsp3) is 0.750. The van der Waals surface area contributed by atoms with Crippen molar-refractivity contribution in [2.24, 2.45) is 4.99 Å². The molecular formula is C16H32IN5. The lowest BCUT2D eigenvalue weighted by atomic mass is 10.1. The molecule has 1 heterocycles. The minimum atomic E-state index is 0. The van der Waals surface area contributed by atoms with Crippen molar-refractivity contribution in [3.8, 4) is 0 Å². The van der Waals surface area contributed by atoms with Crippen molar-refractivity contribution in [3.05, 3.63) is 18.5 Å². The van der Waals surface area contributed by atoms with Crippen molar-refractivity contribution in [2.75, 3.05) is 13.1 Å². The van der Waals surface area contributed by atoms with E-state index in [2.05, 4.69) is 41.5 Å². The van der Waals surface area contributed by atoms with E-state index in [1.165, 1.54) is 32.1 Å². The quantitative estimate of drug-likeness (QED) is 0.264. The highest BCUT2D eigenvalue weighted by molar-refractivity contribution is 14.0. The SMILES string of the molecule is CCCCCCC(C)NC(=NCCn1cccn1)NCC.I. The van der Waals surface area contributed by atoms with Crippen molar-refractivity contribution in [1.82, 2.24) is 20.4 Å². The number of aromatic nitrogens is 2. The fourth-order valence-corrected chi connectivity index (χ4v) is 2.20. The molecule has 0 aliphatic rings. The van der Waals surface area contributed by atoms with Gasteiger partial charge in [0.1, 0.15) is 0 Å². The number of halogens is 1. The van der Waals surface area contributed by atoms with E-state index in [1.54, 1.807) is 6.20 Å². The normalized spacial score (nSPS) is 12.6. The van der Waals surface area contributed by atoms with Gasteiger partial charge in [0.25, 0.3) is 0 Å². The number of aliphatic imine (C=N–C) groups is 1. The predicted octanol–water partition coefficient (Wildman–Crippen LogP) is 3.42. The summed E-state index contributed by atoms with van der Waals surface area (Å²) in [6.07, 6.45) is 10.2. The lowest BCUT2D eigenvalue weighted by Gasteiger charge is -2.17. The molecule has 5 nitrogen and oxygen atoms in total. The second-order valence-corrected chi connectivity index (χ2v) is 5.42. The summed E-state index contributed by atoms with van der Waals surface area (Å²) in [5, 5.41) is 11.0. The molecule has 1 unspecified atom stereocenters. The van der Waals surface area contributed by atoms with Gasteiger partial charge in [-0.15, -0.1) is 24.0 Å². The molecule has 0 radical (unpaired) electrons. The number of guanidine groups is 1. The third-order valence-corrected chi connectivity index (χ3v) is 3.38. The van der Waals surface area contributed by atoms with Crippen LogP contribution in [0.2, 0.25) is 0 Å². The molecule has 1 atom stereocenters. The molecule has 0 fully saturated rings. The molecule has 0 spiro atoms. The van der Waals surface area contributed by atoms with Crippen LogP contribution in [-0.2, 0) is 6.54 Å². The average molecular weight is 421 g/mol. The van der Waals surface area contributed by atoms with Crippen LogP contribution in [0.1, 0.15) is 52.9 Å². The van der Waals surface area contributed by atoms with Gasteiger partial charge < -0.3 is 10.6 Å². The fourth-order valence-electron chi connectivity index (χ4n) is 2.20. The van der Waals surface area contributed by atoms with Crippen molar-refractivity contribution in [3.63, 3.8) is 0 Å². The molecule has 0 aliphatic carbocycles. The van der Waals surface area contributed by atoms with Crippen LogP contribution < -0.4 is 10.6 Å². The zero-order chi connectivity index (χ0) is 15.3. The van der Waals surface area contributed by atoms with E-state index in [4.69, 9.17) is 0 Å². The standard InChI is InChI=1S/C16H31N5.HI/c1-4-6-7-8-10-15(3)20-16(17-5-2)18-12-14-21-13-9-11-19-21;/h9,11,13,15H,4-8,10,12,14H2,1-3H3,(H2,17,18,20);1H. The number of hydrogen-bond acceptors (Lipinski definition) is 2. The Morgan fingerprint density at radius 3 is 2.73 bits per heavy atom. The van der Waals surface area contributed by atoms with E-state index in [0.29, 0.717) is 6.04 Å². The van der Waals surface area contributed by atoms with Crippen LogP contribution in [0, 0.1) is 0 Å². The summed E-state index contributed by atoms with van der Waals surface area (Å²) in [4.78, 5) is 4.61. The highest BCUT2D eigenvalue weighted by Crippen LogP contribution is 2.05. The van der Waals surface area contributed by atoms with Gasteiger partial charge in [0.05, 0.1) is 13.1 Å². The van der Waals surface area contributed by atoms with Crippen LogP contribution in [0.3, 0.4) is 0 Å². The monoisotopic (exact) mass is 421 g/mol. The number of unbranched alkanes of at least 4 members (excludes halogenated alkanes) is 3. The van der Waals surface area contributed by atoms with Crippen molar-refractivity contribution < 1.29 is 0 Å². The number of nitrogens with one attached hydrogen (secondary N) is 2. The molecule has 0 saturated heterocycles. The molecule has 2 N–H and O–H groups in total. The first-order chi connectivity index (χ1) is 10.3. The van der Waals surface area contributed by atoms with Crippen molar-refractivity contribution in [2.45, 2.75) is 65.5 Å². The molecule has 22 heavy (non-hydrogen) atoms. The van der Waals surface area contributed by atoms with Gasteiger partial charge >= 0.3 is 0 Å². The summed E-state index contributed by atoms with van der Waals surface area (Å²) in [5.41, 5.74) is 0. The Hall–Kier alpha value is -0.790. The van der Waals surface area contributed by atoms with Gasteiger partial charge in [-0.1, -0.05) is 32.6 Å². The Labute approximate surface area is 152 Å². The Kier molecular flexibility index (Phi) is 13.3. The third kappa shape index (κ3) is 10.0. The predicted molar refractivity (Wildman–Crippen MR) is 105 cm³/mol. The van der Waals surface area contributed by atoms with Gasteiger partial charge in [0.15, 0.2) is 5.96 Å². The van der Waals surface area contributed by atoms with Crippen LogP contribution in [0.5, 0.6) is 0 Å². The number of nitrogens with zero attached hydrogens (tertiary/aromatic N) is 3. The Bertz CT molecular complexity index is 378. The Balaban J connectivity index is 0.00000441. The molecule has 0 aliphatic heterocycles. The van der Waals surface area contributed by atoms with Crippen LogP contribution in [-0.4, -0.2) is 34.9 Å². The van der Waals surface area contributed by atoms with E-state index in [9.17, 15) is 0 Å². The molecule has 0 bridgehead atoms. The lowest BCUT2D eigenvalue weighted by Crippen LogP contribution is -2.42. The smallest absolute Gasteiger partial charge is 0.191 e. The summed E-state index contributed by atoms with van der Waals surface area (Å²) in [5.74, 6) is 0.910. The Morgan fingerprint density at radius 1 is 1.27 bits per heavy atom. The molecule has 1 aromatic rings. The summed E-state index contributed by atoms with van der Waals surface area (Å²) >= 11 is 0. The van der Waals surface area contributed by atoms with Gasteiger partial charge in [0, 0.05) is 25.0 Å². The van der Waals surface area contributed by atoms with E-state index in [0.717, 1.165) is 25.6 Å². The maximum Gasteiger partial charge on any atom is 0.191 e. The summed E-state index contributed by atoms with van der Waals surface area (Å²) in [7, 11) is 0.